The van der Waals surface area contributed by atoms with Crippen LogP contribution in [-0.2, 0) is 4.74 Å². The molecule has 0 atom stereocenters. The molecule has 1 aromatic heterocycles. The molecule has 7 heteroatoms. The maximum atomic E-state index is 10.0. The zero-order valence-electron chi connectivity index (χ0n) is 17.8. The van der Waals surface area contributed by atoms with Crippen LogP contribution in [0.4, 0.5) is 10.5 Å². The number of rotatable bonds is 1. The van der Waals surface area contributed by atoms with E-state index in [9.17, 15) is 4.79 Å². The van der Waals surface area contributed by atoms with Crippen LogP contribution in [0.5, 0.6) is 0 Å². The third-order valence-corrected chi connectivity index (χ3v) is 3.67. The molecule has 0 unspecified atom stereocenters. The fraction of sp³-hybridized carbons (Fsp3) is 0.650. The van der Waals surface area contributed by atoms with Crippen molar-refractivity contribution in [1.82, 2.24) is 4.98 Å². The van der Waals surface area contributed by atoms with Crippen molar-refractivity contribution in [3.63, 3.8) is 0 Å². The molecule has 0 radical (unpaired) electrons. The summed E-state index contributed by atoms with van der Waals surface area (Å²) >= 11 is 3.36. The number of amides is 1. The summed E-state index contributed by atoms with van der Waals surface area (Å²) in [5.74, 6) is 0. The predicted octanol–water partition coefficient (Wildman–Crippen LogP) is 5.64. The number of nitrogens with zero attached hydrogens (tertiary/aromatic N) is 3. The Morgan fingerprint density at radius 1 is 1.22 bits per heavy atom. The Morgan fingerprint density at radius 3 is 2.07 bits per heavy atom. The topological polar surface area (TPSA) is 92.2 Å². The van der Waals surface area contributed by atoms with Crippen LogP contribution in [0.2, 0.25) is 0 Å². The molecule has 2 N–H and O–H groups in total. The lowest BCUT2D eigenvalue weighted by atomic mass is 10.1. The molecule has 1 amide bonds. The van der Waals surface area contributed by atoms with Gasteiger partial charge in [0.1, 0.15) is 11.7 Å². The van der Waals surface area contributed by atoms with Crippen molar-refractivity contribution in [3.05, 3.63) is 22.4 Å². The van der Waals surface area contributed by atoms with Gasteiger partial charge in [-0.1, -0.05) is 27.7 Å². The second-order valence-electron chi connectivity index (χ2n) is 6.22. The van der Waals surface area contributed by atoms with Gasteiger partial charge in [0.15, 0.2) is 5.69 Å². The first-order valence-corrected chi connectivity index (χ1v) is 10.3. The van der Waals surface area contributed by atoms with Gasteiger partial charge >= 0.3 is 6.09 Å². The van der Waals surface area contributed by atoms with Crippen molar-refractivity contribution < 1.29 is 9.53 Å². The van der Waals surface area contributed by atoms with E-state index in [4.69, 9.17) is 11.0 Å². The summed E-state index contributed by atoms with van der Waals surface area (Å²) in [5.41, 5.74) is 5.83. The number of ether oxygens (including phenoxy) is 1. The highest BCUT2D eigenvalue weighted by Crippen LogP contribution is 2.24. The molecule has 6 nitrogen and oxygen atoms in total. The number of pyridine rings is 1. The standard InChI is InChI=1S/C11H12BrN3.C5H11NO2.2C2H6/c12-10-6-9(8-14-11(10)7-13)15-4-2-1-3-5-15;1-5(2,3)8-4(6)7;2*1-2/h6,8H,1-5H2;1-3H3,(H2,6,7);2*1-2H3. The van der Waals surface area contributed by atoms with Crippen LogP contribution in [0.25, 0.3) is 0 Å². The zero-order valence-corrected chi connectivity index (χ0v) is 19.4. The van der Waals surface area contributed by atoms with E-state index < -0.39 is 11.7 Å². The van der Waals surface area contributed by atoms with Gasteiger partial charge in [0.25, 0.3) is 0 Å². The van der Waals surface area contributed by atoms with Crippen LogP contribution in [0, 0.1) is 11.3 Å². The Labute approximate surface area is 173 Å². The summed E-state index contributed by atoms with van der Waals surface area (Å²) < 4.78 is 5.36. The van der Waals surface area contributed by atoms with E-state index in [2.05, 4.69) is 30.6 Å². The number of aromatic nitrogens is 1. The van der Waals surface area contributed by atoms with Gasteiger partial charge in [-0.25, -0.2) is 9.78 Å². The molecule has 0 aliphatic carbocycles. The van der Waals surface area contributed by atoms with Crippen molar-refractivity contribution in [2.24, 2.45) is 5.73 Å². The third-order valence-electron chi connectivity index (χ3n) is 3.06. The molecule has 2 rings (SSSR count). The Morgan fingerprint density at radius 2 is 1.74 bits per heavy atom. The monoisotopic (exact) mass is 442 g/mol. The van der Waals surface area contributed by atoms with Crippen molar-refractivity contribution in [1.29, 1.82) is 5.26 Å². The molecule has 1 fully saturated rings. The number of anilines is 1. The Kier molecular flexibility index (Phi) is 15.5. The van der Waals surface area contributed by atoms with E-state index in [1.165, 1.54) is 19.3 Å². The smallest absolute Gasteiger partial charge is 0.405 e. The quantitative estimate of drug-likeness (QED) is 0.607. The van der Waals surface area contributed by atoms with Crippen LogP contribution in [-0.4, -0.2) is 29.8 Å². The summed E-state index contributed by atoms with van der Waals surface area (Å²) in [6, 6.07) is 4.03. The molecular formula is C20H35BrN4O2. The van der Waals surface area contributed by atoms with Gasteiger partial charge in [0.2, 0.25) is 0 Å². The lowest BCUT2D eigenvalue weighted by molar-refractivity contribution is 0.0600. The second kappa shape index (κ2) is 15.3. The summed E-state index contributed by atoms with van der Waals surface area (Å²) in [5, 5.41) is 8.76. The van der Waals surface area contributed by atoms with Crippen LogP contribution < -0.4 is 10.6 Å². The molecule has 1 aliphatic heterocycles. The Bertz CT molecular complexity index is 574. The maximum Gasteiger partial charge on any atom is 0.405 e. The highest BCUT2D eigenvalue weighted by atomic mass is 79.9. The molecule has 1 saturated heterocycles. The van der Waals surface area contributed by atoms with Crippen molar-refractivity contribution in [2.75, 3.05) is 18.0 Å². The minimum atomic E-state index is -0.725. The van der Waals surface area contributed by atoms with Gasteiger partial charge in [0, 0.05) is 13.1 Å². The van der Waals surface area contributed by atoms with E-state index in [1.807, 2.05) is 39.8 Å². The van der Waals surface area contributed by atoms with Crippen molar-refractivity contribution >= 4 is 27.7 Å². The highest BCUT2D eigenvalue weighted by Gasteiger charge is 2.13. The van der Waals surface area contributed by atoms with E-state index in [-0.39, 0.29) is 0 Å². The first-order chi connectivity index (χ1) is 12.7. The molecule has 154 valence electrons. The number of nitriles is 1. The Hall–Kier alpha value is -1.81. The summed E-state index contributed by atoms with van der Waals surface area (Å²) in [6.07, 6.45) is 4.88. The molecule has 2 heterocycles. The van der Waals surface area contributed by atoms with Gasteiger partial charge in [0.05, 0.1) is 16.4 Å². The minimum absolute atomic E-state index is 0.453. The summed E-state index contributed by atoms with van der Waals surface area (Å²) in [6.45, 7) is 15.5. The first-order valence-electron chi connectivity index (χ1n) is 9.52. The Balaban J connectivity index is 0. The number of halogens is 1. The number of carbonyl (C=O) groups excluding carboxylic acids is 1. The largest absolute Gasteiger partial charge is 0.444 e. The molecule has 27 heavy (non-hydrogen) atoms. The number of hydrogen-bond acceptors (Lipinski definition) is 5. The lowest BCUT2D eigenvalue weighted by Gasteiger charge is -2.28. The van der Waals surface area contributed by atoms with Crippen LogP contribution >= 0.6 is 15.9 Å². The molecular weight excluding hydrogens is 408 g/mol. The number of primary amides is 1. The third kappa shape index (κ3) is 13.1. The number of piperidine rings is 1. The van der Waals surface area contributed by atoms with Gasteiger partial charge in [-0.05, 0) is 62.0 Å². The lowest BCUT2D eigenvalue weighted by Crippen LogP contribution is -2.29. The normalized spacial score (nSPS) is 12.6. The average Bonchev–Trinajstić information content (AvgIpc) is 2.64. The molecule has 1 aliphatic rings. The van der Waals surface area contributed by atoms with Gasteiger partial charge in [-0.15, -0.1) is 0 Å². The maximum absolute atomic E-state index is 10.0. The minimum Gasteiger partial charge on any atom is -0.444 e. The molecule has 0 saturated carbocycles. The molecule has 0 bridgehead atoms. The first kappa shape index (κ1) is 27.4. The number of nitrogens with two attached hydrogens (primary N) is 1. The zero-order chi connectivity index (χ0) is 21.5. The van der Waals surface area contributed by atoms with Crippen molar-refractivity contribution in [2.45, 2.75) is 73.3 Å². The molecule has 0 aromatic carbocycles. The fourth-order valence-electron chi connectivity index (χ4n) is 2.14. The summed E-state index contributed by atoms with van der Waals surface area (Å²) in [7, 11) is 0. The highest BCUT2D eigenvalue weighted by molar-refractivity contribution is 9.10. The predicted molar refractivity (Wildman–Crippen MR) is 116 cm³/mol. The van der Waals surface area contributed by atoms with Crippen LogP contribution in [0.15, 0.2) is 16.7 Å². The molecule has 1 aromatic rings. The van der Waals surface area contributed by atoms with E-state index in [0.29, 0.717) is 5.69 Å². The average molecular weight is 443 g/mol. The second-order valence-corrected chi connectivity index (χ2v) is 7.07. The van der Waals surface area contributed by atoms with Gasteiger partial charge in [-0.2, -0.15) is 5.26 Å². The summed E-state index contributed by atoms with van der Waals surface area (Å²) in [4.78, 5) is 16.5. The SMILES string of the molecule is CC.CC.CC(C)(C)OC(N)=O.N#Cc1ncc(N2CCCCC2)cc1Br. The van der Waals surface area contributed by atoms with Gasteiger partial charge < -0.3 is 15.4 Å². The van der Waals surface area contributed by atoms with Crippen LogP contribution in [0.1, 0.15) is 73.4 Å². The van der Waals surface area contributed by atoms with E-state index in [0.717, 1.165) is 23.2 Å². The number of hydrogen-bond donors (Lipinski definition) is 1. The fourth-order valence-corrected chi connectivity index (χ4v) is 2.56. The molecule has 0 spiro atoms. The van der Waals surface area contributed by atoms with E-state index >= 15 is 0 Å². The van der Waals surface area contributed by atoms with Gasteiger partial charge in [-0.3, -0.25) is 0 Å². The number of carbonyl (C=O) groups is 1. The van der Waals surface area contributed by atoms with E-state index in [1.54, 1.807) is 27.0 Å². The van der Waals surface area contributed by atoms with Crippen molar-refractivity contribution in [3.8, 4) is 6.07 Å². The van der Waals surface area contributed by atoms with Crippen LogP contribution in [0.3, 0.4) is 0 Å².